The molecule has 0 unspecified atom stereocenters. The number of nitrogens with one attached hydrogen (secondary N) is 1. The lowest BCUT2D eigenvalue weighted by Gasteiger charge is -2.21. The molecule has 3 aromatic rings. The number of thiophene rings is 1. The highest BCUT2D eigenvalue weighted by Crippen LogP contribution is 2.33. The Bertz CT molecular complexity index is 1150. The van der Waals surface area contributed by atoms with Crippen LogP contribution in [-0.2, 0) is 14.3 Å². The van der Waals surface area contributed by atoms with Crippen molar-refractivity contribution in [1.82, 2.24) is 0 Å². The van der Waals surface area contributed by atoms with Crippen LogP contribution in [0, 0.1) is 0 Å². The van der Waals surface area contributed by atoms with Gasteiger partial charge in [0.2, 0.25) is 11.8 Å². The Morgan fingerprint density at radius 1 is 1.10 bits per heavy atom. The first kappa shape index (κ1) is 20.5. The lowest BCUT2D eigenvalue weighted by Crippen LogP contribution is -2.38. The number of hydrogen-bond donors (Lipinski definition) is 1. The fraction of sp³-hybridized carbons (Fsp3) is 0.130. The van der Waals surface area contributed by atoms with Gasteiger partial charge in [-0.05, 0) is 47.8 Å². The van der Waals surface area contributed by atoms with Crippen molar-refractivity contribution in [3.05, 3.63) is 76.5 Å². The van der Waals surface area contributed by atoms with Crippen LogP contribution < -0.4 is 10.2 Å². The zero-order valence-electron chi connectivity index (χ0n) is 16.7. The SMILES string of the molecule is COC(=O)c1ccc(NC(=O)CN2C(=O)CC(c3cccs3)=Nc3ccccc32)cc1. The topological polar surface area (TPSA) is 88.1 Å². The van der Waals surface area contributed by atoms with Crippen LogP contribution in [0.2, 0.25) is 0 Å². The lowest BCUT2D eigenvalue weighted by molar-refractivity contribution is -0.120. The number of ether oxygens (including phenoxy) is 1. The van der Waals surface area contributed by atoms with Gasteiger partial charge in [0, 0.05) is 10.6 Å². The molecule has 0 saturated carbocycles. The molecule has 0 bridgehead atoms. The fourth-order valence-electron chi connectivity index (χ4n) is 3.25. The number of aliphatic imine (C=N–C) groups is 1. The van der Waals surface area contributed by atoms with Crippen LogP contribution in [0.15, 0.2) is 71.0 Å². The Morgan fingerprint density at radius 3 is 2.58 bits per heavy atom. The van der Waals surface area contributed by atoms with Gasteiger partial charge in [0.15, 0.2) is 0 Å². The third-order valence-corrected chi connectivity index (χ3v) is 5.66. The van der Waals surface area contributed by atoms with E-state index >= 15 is 0 Å². The van der Waals surface area contributed by atoms with Crippen molar-refractivity contribution in [2.24, 2.45) is 4.99 Å². The minimum atomic E-state index is -0.453. The molecular weight excluding hydrogens is 414 g/mol. The second-order valence-corrected chi connectivity index (χ2v) is 7.75. The maximum atomic E-state index is 13.0. The van der Waals surface area contributed by atoms with Crippen molar-refractivity contribution < 1.29 is 19.1 Å². The van der Waals surface area contributed by atoms with Gasteiger partial charge in [0.05, 0.1) is 36.2 Å². The van der Waals surface area contributed by atoms with Crippen LogP contribution in [0.3, 0.4) is 0 Å². The molecule has 156 valence electrons. The molecular formula is C23H19N3O4S. The van der Waals surface area contributed by atoms with Gasteiger partial charge in [-0.15, -0.1) is 11.3 Å². The second-order valence-electron chi connectivity index (χ2n) is 6.80. The van der Waals surface area contributed by atoms with Crippen LogP contribution >= 0.6 is 11.3 Å². The summed E-state index contributed by atoms with van der Waals surface area (Å²) in [7, 11) is 1.31. The van der Waals surface area contributed by atoms with E-state index in [1.165, 1.54) is 23.3 Å². The Hall–Kier alpha value is -3.78. The molecule has 0 radical (unpaired) electrons. The van der Waals surface area contributed by atoms with Gasteiger partial charge < -0.3 is 15.0 Å². The van der Waals surface area contributed by atoms with Gasteiger partial charge >= 0.3 is 5.97 Å². The zero-order chi connectivity index (χ0) is 21.8. The van der Waals surface area contributed by atoms with Gasteiger partial charge in [0.25, 0.3) is 0 Å². The molecule has 1 N–H and O–H groups in total. The first-order valence-electron chi connectivity index (χ1n) is 9.54. The number of rotatable bonds is 5. The van der Waals surface area contributed by atoms with Crippen LogP contribution in [-0.4, -0.2) is 37.1 Å². The molecule has 2 amide bonds. The largest absolute Gasteiger partial charge is 0.465 e. The van der Waals surface area contributed by atoms with E-state index in [0.29, 0.717) is 28.3 Å². The molecule has 0 saturated heterocycles. The molecule has 1 aliphatic heterocycles. The normalized spacial score (nSPS) is 13.1. The summed E-state index contributed by atoms with van der Waals surface area (Å²) in [6.45, 7) is -0.151. The van der Waals surface area contributed by atoms with Crippen LogP contribution in [0.25, 0.3) is 0 Å². The molecule has 1 aliphatic rings. The molecule has 8 heteroatoms. The second kappa shape index (κ2) is 8.93. The van der Waals surface area contributed by atoms with Crippen molar-refractivity contribution in [3.8, 4) is 0 Å². The Labute approximate surface area is 183 Å². The summed E-state index contributed by atoms with van der Waals surface area (Å²) >= 11 is 1.52. The fourth-order valence-corrected chi connectivity index (χ4v) is 3.97. The molecule has 0 aliphatic carbocycles. The molecule has 2 aromatic carbocycles. The number of hydrogen-bond acceptors (Lipinski definition) is 6. The first-order valence-corrected chi connectivity index (χ1v) is 10.4. The standard InChI is InChI=1S/C23H19N3O4S/c1-30-23(29)15-8-10-16(11-9-15)24-21(27)14-26-19-6-3-2-5-17(19)25-18(13-22(26)28)20-7-4-12-31-20/h2-12H,13-14H2,1H3,(H,24,27). The molecule has 7 nitrogen and oxygen atoms in total. The van der Waals surface area contributed by atoms with Gasteiger partial charge in [-0.1, -0.05) is 18.2 Å². The molecule has 0 spiro atoms. The van der Waals surface area contributed by atoms with E-state index in [9.17, 15) is 14.4 Å². The minimum Gasteiger partial charge on any atom is -0.465 e. The third-order valence-electron chi connectivity index (χ3n) is 4.74. The van der Waals surface area contributed by atoms with Gasteiger partial charge in [-0.2, -0.15) is 0 Å². The quantitative estimate of drug-likeness (QED) is 0.616. The van der Waals surface area contributed by atoms with Crippen molar-refractivity contribution in [2.45, 2.75) is 6.42 Å². The summed E-state index contributed by atoms with van der Waals surface area (Å²) in [5, 5.41) is 4.70. The van der Waals surface area contributed by atoms with E-state index in [4.69, 9.17) is 4.99 Å². The molecule has 1 aromatic heterocycles. The number of nitrogens with zero attached hydrogens (tertiary/aromatic N) is 2. The van der Waals surface area contributed by atoms with Crippen molar-refractivity contribution in [3.63, 3.8) is 0 Å². The summed E-state index contributed by atoms with van der Waals surface area (Å²) in [5.74, 6) is -1.01. The van der Waals surface area contributed by atoms with Crippen LogP contribution in [0.4, 0.5) is 17.1 Å². The van der Waals surface area contributed by atoms with Gasteiger partial charge in [-0.3, -0.25) is 9.59 Å². The summed E-state index contributed by atoms with van der Waals surface area (Å²) in [6, 6.07) is 17.5. The zero-order valence-corrected chi connectivity index (χ0v) is 17.5. The monoisotopic (exact) mass is 433 g/mol. The number of amides is 2. The number of benzene rings is 2. The molecule has 31 heavy (non-hydrogen) atoms. The molecule has 0 fully saturated rings. The Morgan fingerprint density at radius 2 is 1.87 bits per heavy atom. The highest BCUT2D eigenvalue weighted by atomic mass is 32.1. The Balaban J connectivity index is 1.53. The number of esters is 1. The number of fused-ring (bicyclic) bond motifs is 1. The highest BCUT2D eigenvalue weighted by molar-refractivity contribution is 7.12. The van der Waals surface area contributed by atoms with Crippen molar-refractivity contribution >= 4 is 51.9 Å². The summed E-state index contributed by atoms with van der Waals surface area (Å²) < 4.78 is 4.67. The maximum Gasteiger partial charge on any atom is 0.337 e. The van der Waals surface area contributed by atoms with E-state index in [2.05, 4.69) is 10.1 Å². The summed E-state index contributed by atoms with van der Waals surface area (Å²) in [6.07, 6.45) is 0.107. The smallest absolute Gasteiger partial charge is 0.337 e. The van der Waals surface area contributed by atoms with E-state index in [-0.39, 0.29) is 24.8 Å². The molecule has 0 atom stereocenters. The maximum absolute atomic E-state index is 13.0. The van der Waals surface area contributed by atoms with Gasteiger partial charge in [0.1, 0.15) is 6.54 Å². The number of anilines is 2. The van der Waals surface area contributed by atoms with Crippen LogP contribution in [0.5, 0.6) is 0 Å². The van der Waals surface area contributed by atoms with Gasteiger partial charge in [-0.25, -0.2) is 9.79 Å². The minimum absolute atomic E-state index is 0.107. The molecule has 2 heterocycles. The van der Waals surface area contributed by atoms with E-state index < -0.39 is 5.97 Å². The number of methoxy groups -OCH3 is 1. The number of carbonyl (C=O) groups is 3. The average Bonchev–Trinajstić information content (AvgIpc) is 3.28. The third kappa shape index (κ3) is 4.54. The highest BCUT2D eigenvalue weighted by Gasteiger charge is 2.27. The predicted octanol–water partition coefficient (Wildman–Crippen LogP) is 4.03. The van der Waals surface area contributed by atoms with E-state index in [1.54, 1.807) is 30.3 Å². The average molecular weight is 433 g/mol. The lowest BCUT2D eigenvalue weighted by atomic mass is 10.2. The number of para-hydroxylation sites is 2. The van der Waals surface area contributed by atoms with E-state index in [0.717, 1.165) is 4.88 Å². The Kier molecular flexibility index (Phi) is 5.90. The van der Waals surface area contributed by atoms with Crippen LogP contribution in [0.1, 0.15) is 21.7 Å². The van der Waals surface area contributed by atoms with Crippen molar-refractivity contribution in [1.29, 1.82) is 0 Å². The summed E-state index contributed by atoms with van der Waals surface area (Å²) in [5.41, 5.74) is 2.83. The number of carbonyl (C=O) groups excluding carboxylic acids is 3. The first-order chi connectivity index (χ1) is 15.0. The molecule has 4 rings (SSSR count). The summed E-state index contributed by atoms with van der Waals surface area (Å²) in [4.78, 5) is 44.4. The van der Waals surface area contributed by atoms with E-state index in [1.807, 2.05) is 35.7 Å². The van der Waals surface area contributed by atoms with Crippen molar-refractivity contribution in [2.75, 3.05) is 23.9 Å². The predicted molar refractivity (Wildman–Crippen MR) is 120 cm³/mol.